The van der Waals surface area contributed by atoms with Gasteiger partial charge in [-0.25, -0.2) is 0 Å². The fourth-order valence-electron chi connectivity index (χ4n) is 2.24. The predicted molar refractivity (Wildman–Crippen MR) is 70.0 cm³/mol. The summed E-state index contributed by atoms with van der Waals surface area (Å²) < 4.78 is 7.67. The second-order valence-electron chi connectivity index (χ2n) is 4.31. The molecule has 4 heteroatoms. The Morgan fingerprint density at radius 2 is 2.18 bits per heavy atom. The van der Waals surface area contributed by atoms with Crippen molar-refractivity contribution in [1.29, 1.82) is 0 Å². The minimum atomic E-state index is 0.206. The molecule has 0 aromatic carbocycles. The van der Waals surface area contributed by atoms with Gasteiger partial charge in [0.05, 0.1) is 17.8 Å². The Kier molecular flexibility index (Phi) is 6.22. The molecule has 0 radical (unpaired) electrons. The molecule has 0 aliphatic carbocycles. The van der Waals surface area contributed by atoms with E-state index in [2.05, 4.69) is 35.0 Å². The normalized spacial score (nSPS) is 14.8. The first-order valence-corrected chi connectivity index (χ1v) is 6.50. The summed E-state index contributed by atoms with van der Waals surface area (Å²) in [6.07, 6.45) is 5.35. The number of rotatable bonds is 8. The summed E-state index contributed by atoms with van der Waals surface area (Å²) in [6.45, 7) is 5.31. The lowest BCUT2D eigenvalue weighted by Crippen LogP contribution is -2.33. The largest absolute Gasteiger partial charge is 0.379 e. The van der Waals surface area contributed by atoms with E-state index in [9.17, 15) is 0 Å². The third-order valence-corrected chi connectivity index (χ3v) is 3.06. The van der Waals surface area contributed by atoms with Crippen molar-refractivity contribution >= 4 is 0 Å². The molecular weight excluding hydrogens is 214 g/mol. The van der Waals surface area contributed by atoms with E-state index >= 15 is 0 Å². The van der Waals surface area contributed by atoms with Gasteiger partial charge in [-0.2, -0.15) is 5.10 Å². The Labute approximate surface area is 104 Å². The molecule has 0 fully saturated rings. The molecule has 0 saturated carbocycles. The third-order valence-electron chi connectivity index (χ3n) is 3.06. The zero-order valence-corrected chi connectivity index (χ0v) is 11.4. The van der Waals surface area contributed by atoms with Gasteiger partial charge in [0, 0.05) is 19.9 Å². The summed E-state index contributed by atoms with van der Waals surface area (Å²) in [6, 6.07) is 2.30. The summed E-state index contributed by atoms with van der Waals surface area (Å²) >= 11 is 0. The number of aromatic nitrogens is 2. The van der Waals surface area contributed by atoms with Gasteiger partial charge in [0.25, 0.3) is 0 Å². The molecule has 0 saturated heterocycles. The van der Waals surface area contributed by atoms with Crippen LogP contribution in [0.5, 0.6) is 0 Å². The molecule has 1 aromatic rings. The highest BCUT2D eigenvalue weighted by molar-refractivity contribution is 5.09. The third kappa shape index (κ3) is 3.54. The minimum Gasteiger partial charge on any atom is -0.379 e. The maximum atomic E-state index is 5.60. The van der Waals surface area contributed by atoms with Crippen molar-refractivity contribution in [2.45, 2.75) is 51.8 Å². The fraction of sp³-hybridized carbons (Fsp3) is 0.769. The van der Waals surface area contributed by atoms with Crippen LogP contribution in [0, 0.1) is 0 Å². The summed E-state index contributed by atoms with van der Waals surface area (Å²) in [4.78, 5) is 0. The molecule has 0 aliphatic heterocycles. The van der Waals surface area contributed by atoms with E-state index in [1.807, 2.05) is 13.2 Å². The molecule has 2 atom stereocenters. The average Bonchev–Trinajstić information content (AvgIpc) is 2.78. The van der Waals surface area contributed by atoms with E-state index < -0.39 is 0 Å². The summed E-state index contributed by atoms with van der Waals surface area (Å²) in [5, 5.41) is 7.73. The number of ether oxygens (including phenoxy) is 1. The summed E-state index contributed by atoms with van der Waals surface area (Å²) in [5.74, 6) is 0. The highest BCUT2D eigenvalue weighted by Crippen LogP contribution is 2.22. The predicted octanol–water partition coefficient (Wildman–Crippen LogP) is 2.37. The van der Waals surface area contributed by atoms with E-state index in [4.69, 9.17) is 4.74 Å². The number of nitrogens with zero attached hydrogens (tertiary/aromatic N) is 2. The SMILES string of the molecule is CCCC(OC)C(NC)c1ccnn1CCC. The highest BCUT2D eigenvalue weighted by atomic mass is 16.5. The Balaban J connectivity index is 2.86. The first kappa shape index (κ1) is 14.2. The second-order valence-corrected chi connectivity index (χ2v) is 4.31. The Bertz CT molecular complexity index is 311. The van der Waals surface area contributed by atoms with Crippen LogP contribution in [0.1, 0.15) is 44.8 Å². The van der Waals surface area contributed by atoms with Crippen LogP contribution >= 0.6 is 0 Å². The topological polar surface area (TPSA) is 39.1 Å². The van der Waals surface area contributed by atoms with Gasteiger partial charge in [-0.05, 0) is 26.0 Å². The number of methoxy groups -OCH3 is 1. The quantitative estimate of drug-likeness (QED) is 0.757. The van der Waals surface area contributed by atoms with E-state index in [0.29, 0.717) is 0 Å². The summed E-state index contributed by atoms with van der Waals surface area (Å²) in [7, 11) is 3.76. The van der Waals surface area contributed by atoms with Crippen LogP contribution in [0.15, 0.2) is 12.3 Å². The van der Waals surface area contributed by atoms with Crippen molar-refractivity contribution in [2.75, 3.05) is 14.2 Å². The van der Waals surface area contributed by atoms with Crippen LogP contribution in [-0.4, -0.2) is 30.0 Å². The van der Waals surface area contributed by atoms with Crippen LogP contribution < -0.4 is 5.32 Å². The van der Waals surface area contributed by atoms with Gasteiger partial charge < -0.3 is 10.1 Å². The Morgan fingerprint density at radius 1 is 1.41 bits per heavy atom. The molecule has 0 amide bonds. The van der Waals surface area contributed by atoms with E-state index in [0.717, 1.165) is 25.8 Å². The van der Waals surface area contributed by atoms with Crippen molar-refractivity contribution in [3.05, 3.63) is 18.0 Å². The maximum absolute atomic E-state index is 5.60. The standard InChI is InChI=1S/C13H25N3O/c1-5-7-12(17-4)13(14-3)11-8-9-15-16(11)10-6-2/h8-9,12-14H,5-7,10H2,1-4H3. The zero-order valence-electron chi connectivity index (χ0n) is 11.4. The molecule has 98 valence electrons. The van der Waals surface area contributed by atoms with Gasteiger partial charge in [0.1, 0.15) is 0 Å². The summed E-state index contributed by atoms with van der Waals surface area (Å²) in [5.41, 5.74) is 1.22. The van der Waals surface area contributed by atoms with Crippen molar-refractivity contribution in [2.24, 2.45) is 0 Å². The van der Waals surface area contributed by atoms with E-state index in [1.54, 1.807) is 7.11 Å². The van der Waals surface area contributed by atoms with Crippen LogP contribution in [0.25, 0.3) is 0 Å². The van der Waals surface area contributed by atoms with E-state index in [-0.39, 0.29) is 12.1 Å². The smallest absolute Gasteiger partial charge is 0.0781 e. The number of hydrogen-bond donors (Lipinski definition) is 1. The van der Waals surface area contributed by atoms with Crippen LogP contribution in [0.3, 0.4) is 0 Å². The molecule has 1 aromatic heterocycles. The molecule has 0 aliphatic rings. The average molecular weight is 239 g/mol. The first-order chi connectivity index (χ1) is 8.28. The van der Waals surface area contributed by atoms with Gasteiger partial charge in [-0.15, -0.1) is 0 Å². The number of likely N-dealkylation sites (N-methyl/N-ethyl adjacent to an activating group) is 1. The van der Waals surface area contributed by atoms with Gasteiger partial charge in [-0.3, -0.25) is 4.68 Å². The highest BCUT2D eigenvalue weighted by Gasteiger charge is 2.23. The number of nitrogens with one attached hydrogen (secondary N) is 1. The molecule has 17 heavy (non-hydrogen) atoms. The molecule has 2 unspecified atom stereocenters. The Hall–Kier alpha value is -0.870. The van der Waals surface area contributed by atoms with Gasteiger partial charge in [0.2, 0.25) is 0 Å². The fourth-order valence-corrected chi connectivity index (χ4v) is 2.24. The van der Waals surface area contributed by atoms with Crippen molar-refractivity contribution in [3.8, 4) is 0 Å². The molecular formula is C13H25N3O. The van der Waals surface area contributed by atoms with Crippen LogP contribution in [0.4, 0.5) is 0 Å². The van der Waals surface area contributed by atoms with Gasteiger partial charge in [-0.1, -0.05) is 20.3 Å². The van der Waals surface area contributed by atoms with E-state index in [1.165, 1.54) is 5.69 Å². The monoisotopic (exact) mass is 239 g/mol. The molecule has 0 bridgehead atoms. The van der Waals surface area contributed by atoms with Crippen molar-refractivity contribution < 1.29 is 4.74 Å². The van der Waals surface area contributed by atoms with Gasteiger partial charge in [0.15, 0.2) is 0 Å². The van der Waals surface area contributed by atoms with Crippen molar-refractivity contribution in [3.63, 3.8) is 0 Å². The van der Waals surface area contributed by atoms with Gasteiger partial charge >= 0.3 is 0 Å². The van der Waals surface area contributed by atoms with Crippen LogP contribution in [-0.2, 0) is 11.3 Å². The number of hydrogen-bond acceptors (Lipinski definition) is 3. The second kappa shape index (κ2) is 7.45. The molecule has 0 spiro atoms. The minimum absolute atomic E-state index is 0.206. The zero-order chi connectivity index (χ0) is 12.7. The number of aryl methyl sites for hydroxylation is 1. The maximum Gasteiger partial charge on any atom is 0.0781 e. The molecule has 1 rings (SSSR count). The molecule has 1 N–H and O–H groups in total. The molecule has 4 nitrogen and oxygen atoms in total. The Morgan fingerprint density at radius 3 is 2.71 bits per heavy atom. The van der Waals surface area contributed by atoms with Crippen LogP contribution in [0.2, 0.25) is 0 Å². The lowest BCUT2D eigenvalue weighted by molar-refractivity contribution is 0.0602. The lowest BCUT2D eigenvalue weighted by Gasteiger charge is -2.26. The molecule has 1 heterocycles. The first-order valence-electron chi connectivity index (χ1n) is 6.50. The van der Waals surface area contributed by atoms with Crippen molar-refractivity contribution in [1.82, 2.24) is 15.1 Å². The lowest BCUT2D eigenvalue weighted by atomic mass is 10.0.